The number of benzene rings is 1. The van der Waals surface area contributed by atoms with E-state index in [1.165, 1.54) is 18.0 Å². The molecule has 0 aliphatic rings. The largest absolute Gasteiger partial charge is 0.390 e. The SMILES string of the molecule is Cc1ccc(NC(=O)CSc2ncc(CO)n2CC(=O)NC(C)C)cc1. The highest BCUT2D eigenvalue weighted by Gasteiger charge is 2.15. The Morgan fingerprint density at radius 2 is 1.92 bits per heavy atom. The van der Waals surface area contributed by atoms with Crippen molar-refractivity contribution in [2.24, 2.45) is 0 Å². The number of nitrogens with zero attached hydrogens (tertiary/aromatic N) is 2. The molecule has 0 radical (unpaired) electrons. The highest BCUT2D eigenvalue weighted by atomic mass is 32.2. The van der Waals surface area contributed by atoms with Crippen molar-refractivity contribution in [1.29, 1.82) is 0 Å². The van der Waals surface area contributed by atoms with Crippen LogP contribution in [0.3, 0.4) is 0 Å². The first kappa shape index (κ1) is 20.0. The number of carbonyl (C=O) groups excluding carboxylic acids is 2. The number of carbonyl (C=O) groups is 2. The molecule has 0 bridgehead atoms. The van der Waals surface area contributed by atoms with E-state index in [0.717, 1.165) is 11.3 Å². The molecule has 0 saturated carbocycles. The fraction of sp³-hybridized carbons (Fsp3) is 0.389. The van der Waals surface area contributed by atoms with Crippen LogP contribution in [0, 0.1) is 6.92 Å². The summed E-state index contributed by atoms with van der Waals surface area (Å²) in [5.41, 5.74) is 2.39. The summed E-state index contributed by atoms with van der Waals surface area (Å²) in [6.45, 7) is 5.57. The Hall–Kier alpha value is -2.32. The normalized spacial score (nSPS) is 10.8. The minimum absolute atomic E-state index is 0.0278. The van der Waals surface area contributed by atoms with Crippen molar-refractivity contribution >= 4 is 29.3 Å². The van der Waals surface area contributed by atoms with Gasteiger partial charge in [0.05, 0.1) is 24.3 Å². The van der Waals surface area contributed by atoms with E-state index in [1.807, 2.05) is 45.0 Å². The average molecular weight is 376 g/mol. The van der Waals surface area contributed by atoms with Gasteiger partial charge in [-0.2, -0.15) is 0 Å². The summed E-state index contributed by atoms with van der Waals surface area (Å²) in [7, 11) is 0. The van der Waals surface area contributed by atoms with Crippen LogP contribution in [-0.4, -0.2) is 38.3 Å². The summed E-state index contributed by atoms with van der Waals surface area (Å²) >= 11 is 1.22. The number of aromatic nitrogens is 2. The summed E-state index contributed by atoms with van der Waals surface area (Å²) in [5, 5.41) is 15.6. The van der Waals surface area contributed by atoms with Gasteiger partial charge < -0.3 is 20.3 Å². The van der Waals surface area contributed by atoms with Crippen LogP contribution in [0.5, 0.6) is 0 Å². The third-order valence-electron chi connectivity index (χ3n) is 3.48. The summed E-state index contributed by atoms with van der Waals surface area (Å²) < 4.78 is 1.63. The monoisotopic (exact) mass is 376 g/mol. The van der Waals surface area contributed by atoms with Gasteiger partial charge in [0.15, 0.2) is 5.16 Å². The molecule has 0 aliphatic carbocycles. The van der Waals surface area contributed by atoms with Crippen LogP contribution in [-0.2, 0) is 22.7 Å². The Morgan fingerprint density at radius 3 is 2.54 bits per heavy atom. The van der Waals surface area contributed by atoms with E-state index in [0.29, 0.717) is 10.9 Å². The Balaban J connectivity index is 1.98. The number of aliphatic hydroxyl groups is 1. The summed E-state index contributed by atoms with van der Waals surface area (Å²) in [6, 6.07) is 7.57. The van der Waals surface area contributed by atoms with Gasteiger partial charge in [0, 0.05) is 11.7 Å². The molecule has 2 amide bonds. The zero-order valence-electron chi connectivity index (χ0n) is 15.2. The number of amides is 2. The number of rotatable bonds is 8. The van der Waals surface area contributed by atoms with E-state index in [4.69, 9.17) is 0 Å². The molecule has 2 aromatic rings. The van der Waals surface area contributed by atoms with Crippen LogP contribution in [0.4, 0.5) is 5.69 Å². The van der Waals surface area contributed by atoms with E-state index in [1.54, 1.807) is 4.57 Å². The fourth-order valence-electron chi connectivity index (χ4n) is 2.28. The van der Waals surface area contributed by atoms with E-state index in [2.05, 4.69) is 15.6 Å². The number of thioether (sulfide) groups is 1. The molecule has 0 fully saturated rings. The molecule has 0 saturated heterocycles. The van der Waals surface area contributed by atoms with Gasteiger partial charge in [0.1, 0.15) is 6.54 Å². The van der Waals surface area contributed by atoms with Crippen LogP contribution in [0.15, 0.2) is 35.6 Å². The summed E-state index contributed by atoms with van der Waals surface area (Å²) in [4.78, 5) is 28.4. The minimum Gasteiger partial charge on any atom is -0.390 e. The van der Waals surface area contributed by atoms with E-state index < -0.39 is 0 Å². The molecule has 0 unspecified atom stereocenters. The highest BCUT2D eigenvalue weighted by Crippen LogP contribution is 2.19. The molecular formula is C18H24N4O3S. The van der Waals surface area contributed by atoms with Gasteiger partial charge in [-0.05, 0) is 32.9 Å². The topological polar surface area (TPSA) is 96.2 Å². The first-order chi connectivity index (χ1) is 12.4. The van der Waals surface area contributed by atoms with Gasteiger partial charge >= 0.3 is 0 Å². The zero-order chi connectivity index (χ0) is 19.1. The van der Waals surface area contributed by atoms with Gasteiger partial charge in [-0.25, -0.2) is 4.98 Å². The molecule has 1 aromatic carbocycles. The van der Waals surface area contributed by atoms with E-state index in [9.17, 15) is 14.7 Å². The van der Waals surface area contributed by atoms with Crippen LogP contribution in [0.25, 0.3) is 0 Å². The first-order valence-electron chi connectivity index (χ1n) is 8.33. The van der Waals surface area contributed by atoms with Crippen molar-refractivity contribution in [3.8, 4) is 0 Å². The van der Waals surface area contributed by atoms with Gasteiger partial charge in [0.25, 0.3) is 0 Å². The Kier molecular flexibility index (Phi) is 7.23. The van der Waals surface area contributed by atoms with Crippen LogP contribution in [0.2, 0.25) is 0 Å². The maximum Gasteiger partial charge on any atom is 0.240 e. The van der Waals surface area contributed by atoms with E-state index in [-0.39, 0.29) is 36.8 Å². The predicted octanol–water partition coefficient (Wildman–Crippen LogP) is 1.94. The first-order valence-corrected chi connectivity index (χ1v) is 9.31. The Bertz CT molecular complexity index is 756. The molecule has 0 spiro atoms. The lowest BCUT2D eigenvalue weighted by atomic mass is 10.2. The molecule has 2 rings (SSSR count). The summed E-state index contributed by atoms with van der Waals surface area (Å²) in [6.07, 6.45) is 1.52. The number of aliphatic hydroxyl groups excluding tert-OH is 1. The quantitative estimate of drug-likeness (QED) is 0.612. The van der Waals surface area contributed by atoms with Crippen LogP contribution < -0.4 is 10.6 Å². The van der Waals surface area contributed by atoms with Crippen molar-refractivity contribution in [1.82, 2.24) is 14.9 Å². The molecule has 3 N–H and O–H groups in total. The number of anilines is 1. The number of imidazole rings is 1. The standard InChI is InChI=1S/C18H24N4O3S/c1-12(2)20-16(24)9-22-15(10-23)8-19-18(22)26-11-17(25)21-14-6-4-13(3)5-7-14/h4-8,12,23H,9-11H2,1-3H3,(H,20,24)(H,21,25). The molecule has 140 valence electrons. The van der Waals surface area contributed by atoms with Crippen LogP contribution >= 0.6 is 11.8 Å². The maximum atomic E-state index is 12.1. The van der Waals surface area contributed by atoms with Crippen molar-refractivity contribution < 1.29 is 14.7 Å². The maximum absolute atomic E-state index is 12.1. The van der Waals surface area contributed by atoms with Crippen molar-refractivity contribution in [2.45, 2.75) is 45.1 Å². The molecule has 0 aliphatic heterocycles. The molecule has 0 atom stereocenters. The molecule has 26 heavy (non-hydrogen) atoms. The second-order valence-electron chi connectivity index (χ2n) is 6.20. The third-order valence-corrected chi connectivity index (χ3v) is 4.47. The second-order valence-corrected chi connectivity index (χ2v) is 7.14. The van der Waals surface area contributed by atoms with E-state index >= 15 is 0 Å². The van der Waals surface area contributed by atoms with Gasteiger partial charge in [-0.3, -0.25) is 9.59 Å². The number of aryl methyl sites for hydroxylation is 1. The lowest BCUT2D eigenvalue weighted by molar-refractivity contribution is -0.122. The number of hydrogen-bond acceptors (Lipinski definition) is 5. The predicted molar refractivity (Wildman–Crippen MR) is 102 cm³/mol. The van der Waals surface area contributed by atoms with Crippen molar-refractivity contribution in [3.63, 3.8) is 0 Å². The lowest BCUT2D eigenvalue weighted by Crippen LogP contribution is -2.33. The minimum atomic E-state index is -0.224. The van der Waals surface area contributed by atoms with Gasteiger partial charge in [0.2, 0.25) is 11.8 Å². The number of hydrogen-bond donors (Lipinski definition) is 3. The second kappa shape index (κ2) is 9.40. The summed E-state index contributed by atoms with van der Waals surface area (Å²) in [5.74, 6) is -0.175. The smallest absolute Gasteiger partial charge is 0.240 e. The molecule has 1 aromatic heterocycles. The van der Waals surface area contributed by atoms with Crippen molar-refractivity contribution in [2.75, 3.05) is 11.1 Å². The Labute approximate surface area is 157 Å². The molecule has 8 heteroatoms. The zero-order valence-corrected chi connectivity index (χ0v) is 16.0. The molecule has 7 nitrogen and oxygen atoms in total. The van der Waals surface area contributed by atoms with Gasteiger partial charge in [-0.15, -0.1) is 0 Å². The average Bonchev–Trinajstić information content (AvgIpc) is 2.96. The number of nitrogens with one attached hydrogen (secondary N) is 2. The highest BCUT2D eigenvalue weighted by molar-refractivity contribution is 7.99. The molecule has 1 heterocycles. The molecular weight excluding hydrogens is 352 g/mol. The fourth-order valence-corrected chi connectivity index (χ4v) is 3.08. The van der Waals surface area contributed by atoms with Crippen LogP contribution in [0.1, 0.15) is 25.1 Å². The lowest BCUT2D eigenvalue weighted by Gasteiger charge is -2.12. The van der Waals surface area contributed by atoms with Crippen molar-refractivity contribution in [3.05, 3.63) is 41.7 Å². The third kappa shape index (κ3) is 5.89. The Morgan fingerprint density at radius 1 is 1.23 bits per heavy atom. The van der Waals surface area contributed by atoms with Gasteiger partial charge in [-0.1, -0.05) is 29.5 Å².